The zero-order valence-corrected chi connectivity index (χ0v) is 15.4. The Balaban J connectivity index is 1.37. The van der Waals surface area contributed by atoms with Gasteiger partial charge in [-0.2, -0.15) is 5.10 Å². The summed E-state index contributed by atoms with van der Waals surface area (Å²) in [6.45, 7) is 7.33. The van der Waals surface area contributed by atoms with Gasteiger partial charge < -0.3 is 15.1 Å². The van der Waals surface area contributed by atoms with Crippen molar-refractivity contribution in [2.45, 2.75) is 25.8 Å². The second kappa shape index (κ2) is 7.50. The van der Waals surface area contributed by atoms with Crippen molar-refractivity contribution in [2.24, 2.45) is 0 Å². The van der Waals surface area contributed by atoms with Crippen LogP contribution >= 0.6 is 0 Å². The summed E-state index contributed by atoms with van der Waals surface area (Å²) < 4.78 is 1.96. The van der Waals surface area contributed by atoms with E-state index < -0.39 is 0 Å². The van der Waals surface area contributed by atoms with Crippen LogP contribution in [0.5, 0.6) is 0 Å². The Morgan fingerprint density at radius 1 is 1.19 bits per heavy atom. The van der Waals surface area contributed by atoms with Crippen molar-refractivity contribution < 1.29 is 4.79 Å². The lowest BCUT2D eigenvalue weighted by Crippen LogP contribution is -2.49. The SMILES string of the molecule is Cc1cccc(N2CCN(C(=O)c3ccn(C4CCCNC4)n3)CC2)c1. The Labute approximate surface area is 154 Å². The average molecular weight is 353 g/mol. The van der Waals surface area contributed by atoms with Crippen LogP contribution in [0.15, 0.2) is 36.5 Å². The molecule has 0 bridgehead atoms. The first-order valence-electron chi connectivity index (χ1n) is 9.57. The van der Waals surface area contributed by atoms with Crippen molar-refractivity contribution >= 4 is 11.6 Å². The molecule has 1 atom stereocenters. The summed E-state index contributed by atoms with van der Waals surface area (Å²) in [5.74, 6) is 0.0522. The maximum atomic E-state index is 12.8. The van der Waals surface area contributed by atoms with Crippen LogP contribution in [0.1, 0.15) is 34.9 Å². The van der Waals surface area contributed by atoms with Gasteiger partial charge in [-0.05, 0) is 50.1 Å². The third kappa shape index (κ3) is 3.60. The molecule has 6 nitrogen and oxygen atoms in total. The fourth-order valence-corrected chi connectivity index (χ4v) is 3.87. The maximum Gasteiger partial charge on any atom is 0.274 e. The van der Waals surface area contributed by atoms with Gasteiger partial charge in [-0.25, -0.2) is 0 Å². The van der Waals surface area contributed by atoms with Crippen molar-refractivity contribution in [1.82, 2.24) is 20.0 Å². The van der Waals surface area contributed by atoms with Gasteiger partial charge >= 0.3 is 0 Å². The number of benzene rings is 1. The number of nitrogens with one attached hydrogen (secondary N) is 1. The van der Waals surface area contributed by atoms with E-state index in [-0.39, 0.29) is 5.91 Å². The molecule has 2 aliphatic rings. The van der Waals surface area contributed by atoms with E-state index in [2.05, 4.69) is 46.5 Å². The van der Waals surface area contributed by atoms with Crippen LogP contribution in [-0.4, -0.2) is 59.9 Å². The van der Waals surface area contributed by atoms with Gasteiger partial charge in [-0.3, -0.25) is 9.48 Å². The molecule has 3 heterocycles. The lowest BCUT2D eigenvalue weighted by Gasteiger charge is -2.36. The fourth-order valence-electron chi connectivity index (χ4n) is 3.87. The molecule has 2 aromatic rings. The van der Waals surface area contributed by atoms with Crippen molar-refractivity contribution in [3.8, 4) is 0 Å². The van der Waals surface area contributed by atoms with Gasteiger partial charge in [0.25, 0.3) is 5.91 Å². The van der Waals surface area contributed by atoms with Gasteiger partial charge in [0.2, 0.25) is 0 Å². The predicted octanol–water partition coefficient (Wildman–Crippen LogP) is 2.08. The largest absolute Gasteiger partial charge is 0.368 e. The highest BCUT2D eigenvalue weighted by Gasteiger charge is 2.25. The number of carbonyl (C=O) groups excluding carboxylic acids is 1. The first kappa shape index (κ1) is 17.1. The Morgan fingerprint density at radius 3 is 2.77 bits per heavy atom. The Hall–Kier alpha value is -2.34. The summed E-state index contributed by atoms with van der Waals surface area (Å²) in [7, 11) is 0. The number of piperidine rings is 1. The predicted molar refractivity (Wildman–Crippen MR) is 103 cm³/mol. The summed E-state index contributed by atoms with van der Waals surface area (Å²) in [6.07, 6.45) is 4.24. The average Bonchev–Trinajstić information content (AvgIpc) is 3.18. The summed E-state index contributed by atoms with van der Waals surface area (Å²) in [6, 6.07) is 10.8. The molecule has 0 saturated carbocycles. The second-order valence-corrected chi connectivity index (χ2v) is 7.30. The minimum absolute atomic E-state index is 0.0522. The standard InChI is InChI=1S/C20H27N5O/c1-16-4-2-5-17(14-16)23-10-12-24(13-11-23)20(26)19-7-9-25(22-19)18-6-3-8-21-15-18/h2,4-5,7,9,14,18,21H,3,6,8,10-13,15H2,1H3. The monoisotopic (exact) mass is 353 g/mol. The smallest absolute Gasteiger partial charge is 0.274 e. The van der Waals surface area contributed by atoms with Gasteiger partial charge in [0.15, 0.2) is 0 Å². The van der Waals surface area contributed by atoms with Crippen LogP contribution in [0.25, 0.3) is 0 Å². The highest BCUT2D eigenvalue weighted by atomic mass is 16.2. The highest BCUT2D eigenvalue weighted by Crippen LogP contribution is 2.19. The molecule has 2 fully saturated rings. The number of anilines is 1. The summed E-state index contributed by atoms with van der Waals surface area (Å²) >= 11 is 0. The molecule has 1 unspecified atom stereocenters. The van der Waals surface area contributed by atoms with E-state index in [4.69, 9.17) is 0 Å². The molecule has 0 aliphatic carbocycles. The van der Waals surface area contributed by atoms with E-state index in [1.807, 2.05) is 21.8 Å². The van der Waals surface area contributed by atoms with E-state index in [1.54, 1.807) is 0 Å². The molecule has 138 valence electrons. The molecule has 4 rings (SSSR count). The molecule has 2 aliphatic heterocycles. The number of hydrogen-bond donors (Lipinski definition) is 1. The van der Waals surface area contributed by atoms with Crippen LogP contribution < -0.4 is 10.2 Å². The van der Waals surface area contributed by atoms with Gasteiger partial charge in [-0.1, -0.05) is 12.1 Å². The molecular weight excluding hydrogens is 326 g/mol. The van der Waals surface area contributed by atoms with E-state index in [0.717, 1.165) is 52.1 Å². The molecule has 6 heteroatoms. The van der Waals surface area contributed by atoms with E-state index in [9.17, 15) is 4.79 Å². The van der Waals surface area contributed by atoms with Crippen LogP contribution in [0.2, 0.25) is 0 Å². The molecule has 0 spiro atoms. The molecule has 1 aromatic carbocycles. The van der Waals surface area contributed by atoms with Crippen molar-refractivity contribution in [3.05, 3.63) is 47.8 Å². The number of nitrogens with zero attached hydrogens (tertiary/aromatic N) is 4. The number of hydrogen-bond acceptors (Lipinski definition) is 4. The van der Waals surface area contributed by atoms with E-state index >= 15 is 0 Å². The number of amides is 1. The van der Waals surface area contributed by atoms with Crippen LogP contribution in [0.4, 0.5) is 5.69 Å². The maximum absolute atomic E-state index is 12.8. The molecule has 2 saturated heterocycles. The van der Waals surface area contributed by atoms with Crippen LogP contribution in [0.3, 0.4) is 0 Å². The Bertz CT molecular complexity index is 757. The summed E-state index contributed by atoms with van der Waals surface area (Å²) in [5.41, 5.74) is 3.08. The first-order valence-corrected chi connectivity index (χ1v) is 9.57. The molecule has 0 radical (unpaired) electrons. The fraction of sp³-hybridized carbons (Fsp3) is 0.500. The lowest BCUT2D eigenvalue weighted by atomic mass is 10.1. The number of rotatable bonds is 3. The lowest BCUT2D eigenvalue weighted by molar-refractivity contribution is 0.0739. The summed E-state index contributed by atoms with van der Waals surface area (Å²) in [5, 5.41) is 7.97. The van der Waals surface area contributed by atoms with Gasteiger partial charge in [-0.15, -0.1) is 0 Å². The van der Waals surface area contributed by atoms with E-state index in [1.165, 1.54) is 11.3 Å². The Morgan fingerprint density at radius 2 is 2.04 bits per heavy atom. The minimum Gasteiger partial charge on any atom is -0.368 e. The van der Waals surface area contributed by atoms with E-state index in [0.29, 0.717) is 11.7 Å². The molecule has 26 heavy (non-hydrogen) atoms. The third-order valence-corrected chi connectivity index (χ3v) is 5.41. The third-order valence-electron chi connectivity index (χ3n) is 5.41. The zero-order valence-electron chi connectivity index (χ0n) is 15.4. The number of carbonyl (C=O) groups is 1. The Kier molecular flexibility index (Phi) is 4.93. The summed E-state index contributed by atoms with van der Waals surface area (Å²) in [4.78, 5) is 17.1. The molecule has 1 N–H and O–H groups in total. The molecule has 1 aromatic heterocycles. The molecule has 1 amide bonds. The number of aromatic nitrogens is 2. The minimum atomic E-state index is 0.0522. The van der Waals surface area contributed by atoms with Gasteiger partial charge in [0.1, 0.15) is 5.69 Å². The first-order chi connectivity index (χ1) is 12.7. The van der Waals surface area contributed by atoms with Gasteiger partial charge in [0, 0.05) is 44.6 Å². The highest BCUT2D eigenvalue weighted by molar-refractivity contribution is 5.92. The topological polar surface area (TPSA) is 53.4 Å². The normalized spacial score (nSPS) is 21.0. The number of aryl methyl sites for hydroxylation is 1. The zero-order chi connectivity index (χ0) is 17.9. The van der Waals surface area contributed by atoms with Crippen LogP contribution in [-0.2, 0) is 0 Å². The molecular formula is C20H27N5O. The quantitative estimate of drug-likeness (QED) is 0.918. The van der Waals surface area contributed by atoms with Crippen LogP contribution in [0, 0.1) is 6.92 Å². The van der Waals surface area contributed by atoms with Crippen molar-refractivity contribution in [2.75, 3.05) is 44.2 Å². The van der Waals surface area contributed by atoms with Crippen molar-refractivity contribution in [3.63, 3.8) is 0 Å². The number of piperazine rings is 1. The van der Waals surface area contributed by atoms with Crippen molar-refractivity contribution in [1.29, 1.82) is 0 Å². The van der Waals surface area contributed by atoms with Gasteiger partial charge in [0.05, 0.1) is 6.04 Å². The second-order valence-electron chi connectivity index (χ2n) is 7.30.